The summed E-state index contributed by atoms with van der Waals surface area (Å²) in [6.07, 6.45) is 1.81. The van der Waals surface area contributed by atoms with Crippen molar-refractivity contribution in [3.8, 4) is 5.75 Å². The quantitative estimate of drug-likeness (QED) is 0.667. The summed E-state index contributed by atoms with van der Waals surface area (Å²) in [5.74, 6) is 0.694. The molecule has 0 spiro atoms. The number of rotatable bonds is 1. The average molecular weight is 211 g/mol. The van der Waals surface area contributed by atoms with Crippen molar-refractivity contribution < 1.29 is 9.53 Å². The van der Waals surface area contributed by atoms with Crippen LogP contribution in [0.3, 0.4) is 0 Å². The molecule has 1 heterocycles. The van der Waals surface area contributed by atoms with Gasteiger partial charge in [-0.05, 0) is 25.5 Å². The molecule has 0 bridgehead atoms. The molecule has 74 valence electrons. The van der Waals surface area contributed by atoms with E-state index in [1.54, 1.807) is 12.1 Å². The standard InChI is InChI=1S/C11H11ClO2/c1-7-4-8(6-13)10-3-2-9(12)5-11(10)14-7/h2-3,5-8H,4H2,1H3. The van der Waals surface area contributed by atoms with Crippen molar-refractivity contribution in [1.82, 2.24) is 0 Å². The second-order valence-corrected chi connectivity index (χ2v) is 4.03. The second kappa shape index (κ2) is 3.62. The Balaban J connectivity index is 2.45. The molecule has 0 fully saturated rings. The third-order valence-electron chi connectivity index (χ3n) is 2.45. The highest BCUT2D eigenvalue weighted by Gasteiger charge is 2.25. The molecule has 0 amide bonds. The monoisotopic (exact) mass is 210 g/mol. The number of aldehydes is 1. The molecule has 2 unspecified atom stereocenters. The number of benzene rings is 1. The van der Waals surface area contributed by atoms with E-state index in [4.69, 9.17) is 16.3 Å². The van der Waals surface area contributed by atoms with Crippen LogP contribution in [0.5, 0.6) is 5.75 Å². The summed E-state index contributed by atoms with van der Waals surface area (Å²) in [6.45, 7) is 1.96. The topological polar surface area (TPSA) is 26.3 Å². The zero-order valence-electron chi connectivity index (χ0n) is 7.87. The van der Waals surface area contributed by atoms with Crippen molar-refractivity contribution in [2.75, 3.05) is 0 Å². The highest BCUT2D eigenvalue weighted by atomic mass is 35.5. The van der Waals surface area contributed by atoms with Crippen LogP contribution >= 0.6 is 11.6 Å². The molecule has 0 saturated heterocycles. The van der Waals surface area contributed by atoms with Crippen LogP contribution < -0.4 is 4.74 Å². The van der Waals surface area contributed by atoms with Crippen LogP contribution in [0.25, 0.3) is 0 Å². The van der Waals surface area contributed by atoms with Crippen molar-refractivity contribution in [2.45, 2.75) is 25.4 Å². The summed E-state index contributed by atoms with van der Waals surface area (Å²) >= 11 is 5.85. The number of hydrogen-bond acceptors (Lipinski definition) is 2. The summed E-state index contributed by atoms with van der Waals surface area (Å²) in [4.78, 5) is 10.9. The first-order chi connectivity index (χ1) is 6.70. The van der Waals surface area contributed by atoms with E-state index in [-0.39, 0.29) is 12.0 Å². The van der Waals surface area contributed by atoms with Gasteiger partial charge in [-0.25, -0.2) is 0 Å². The molecule has 14 heavy (non-hydrogen) atoms. The van der Waals surface area contributed by atoms with E-state index in [1.807, 2.05) is 13.0 Å². The largest absolute Gasteiger partial charge is 0.490 e. The van der Waals surface area contributed by atoms with Gasteiger partial charge in [0.15, 0.2) is 0 Å². The molecule has 1 aromatic rings. The Labute approximate surface area is 87.8 Å². The van der Waals surface area contributed by atoms with Crippen molar-refractivity contribution in [2.24, 2.45) is 0 Å². The number of carbonyl (C=O) groups is 1. The van der Waals surface area contributed by atoms with Crippen LogP contribution in [0.15, 0.2) is 18.2 Å². The highest BCUT2D eigenvalue weighted by Crippen LogP contribution is 2.36. The molecule has 1 aromatic carbocycles. The zero-order chi connectivity index (χ0) is 10.1. The Morgan fingerprint density at radius 2 is 2.36 bits per heavy atom. The molecule has 1 aliphatic heterocycles. The van der Waals surface area contributed by atoms with E-state index in [0.717, 1.165) is 24.0 Å². The average Bonchev–Trinajstić information content (AvgIpc) is 2.15. The molecule has 2 rings (SSSR count). The third-order valence-corrected chi connectivity index (χ3v) is 2.69. The maximum absolute atomic E-state index is 10.9. The number of carbonyl (C=O) groups excluding carboxylic acids is 1. The van der Waals surface area contributed by atoms with Gasteiger partial charge in [-0.3, -0.25) is 0 Å². The van der Waals surface area contributed by atoms with Crippen LogP contribution in [-0.4, -0.2) is 12.4 Å². The van der Waals surface area contributed by atoms with E-state index in [9.17, 15) is 4.79 Å². The van der Waals surface area contributed by atoms with Crippen LogP contribution in [0.2, 0.25) is 5.02 Å². The first-order valence-corrected chi connectivity index (χ1v) is 5.00. The molecule has 0 aliphatic carbocycles. The van der Waals surface area contributed by atoms with Crippen LogP contribution in [-0.2, 0) is 4.79 Å². The Morgan fingerprint density at radius 1 is 1.57 bits per heavy atom. The van der Waals surface area contributed by atoms with Gasteiger partial charge in [0.25, 0.3) is 0 Å². The predicted molar refractivity (Wildman–Crippen MR) is 55.0 cm³/mol. The first kappa shape index (κ1) is 9.53. The van der Waals surface area contributed by atoms with Crippen molar-refractivity contribution >= 4 is 17.9 Å². The molecule has 0 N–H and O–H groups in total. The lowest BCUT2D eigenvalue weighted by Gasteiger charge is -2.27. The number of hydrogen-bond donors (Lipinski definition) is 0. The molecule has 2 atom stereocenters. The van der Waals surface area contributed by atoms with Crippen LogP contribution in [0.4, 0.5) is 0 Å². The molecule has 0 saturated carbocycles. The second-order valence-electron chi connectivity index (χ2n) is 3.59. The molecule has 0 radical (unpaired) electrons. The Bertz CT molecular complexity index is 362. The van der Waals surface area contributed by atoms with Gasteiger partial charge in [0.2, 0.25) is 0 Å². The van der Waals surface area contributed by atoms with Crippen molar-refractivity contribution in [1.29, 1.82) is 0 Å². The molecule has 0 aromatic heterocycles. The van der Waals surface area contributed by atoms with Gasteiger partial charge in [-0.2, -0.15) is 0 Å². The minimum absolute atomic E-state index is 0.0500. The fraction of sp³-hybridized carbons (Fsp3) is 0.364. The normalized spacial score (nSPS) is 25.0. The lowest BCUT2D eigenvalue weighted by Crippen LogP contribution is -2.23. The summed E-state index contributed by atoms with van der Waals surface area (Å²) < 4.78 is 5.60. The summed E-state index contributed by atoms with van der Waals surface area (Å²) in [5.41, 5.74) is 0.947. The van der Waals surface area contributed by atoms with Gasteiger partial charge in [0.1, 0.15) is 12.0 Å². The van der Waals surface area contributed by atoms with Gasteiger partial charge >= 0.3 is 0 Å². The van der Waals surface area contributed by atoms with Gasteiger partial charge in [0, 0.05) is 16.5 Å². The summed E-state index contributed by atoms with van der Waals surface area (Å²) in [6, 6.07) is 5.42. The van der Waals surface area contributed by atoms with Crippen molar-refractivity contribution in [3.63, 3.8) is 0 Å². The maximum Gasteiger partial charge on any atom is 0.127 e. The summed E-state index contributed by atoms with van der Waals surface area (Å²) in [5, 5.41) is 0.641. The van der Waals surface area contributed by atoms with Gasteiger partial charge in [-0.1, -0.05) is 17.7 Å². The molecular formula is C11H11ClO2. The fourth-order valence-corrected chi connectivity index (χ4v) is 1.96. The lowest BCUT2D eigenvalue weighted by atomic mass is 9.91. The third kappa shape index (κ3) is 1.62. The first-order valence-electron chi connectivity index (χ1n) is 4.62. The predicted octanol–water partition coefficient (Wildman–Crippen LogP) is 2.79. The lowest BCUT2D eigenvalue weighted by molar-refractivity contribution is -0.110. The van der Waals surface area contributed by atoms with Crippen LogP contribution in [0.1, 0.15) is 24.8 Å². The van der Waals surface area contributed by atoms with Gasteiger partial charge < -0.3 is 9.53 Å². The van der Waals surface area contributed by atoms with E-state index in [0.29, 0.717) is 5.02 Å². The highest BCUT2D eigenvalue weighted by molar-refractivity contribution is 6.30. The minimum Gasteiger partial charge on any atom is -0.490 e. The van der Waals surface area contributed by atoms with Gasteiger partial charge in [0.05, 0.1) is 6.10 Å². The van der Waals surface area contributed by atoms with Crippen LogP contribution in [0, 0.1) is 0 Å². The smallest absolute Gasteiger partial charge is 0.127 e. The molecular weight excluding hydrogens is 200 g/mol. The zero-order valence-corrected chi connectivity index (χ0v) is 8.62. The molecule has 1 aliphatic rings. The molecule has 3 heteroatoms. The number of ether oxygens (including phenoxy) is 1. The number of fused-ring (bicyclic) bond motifs is 1. The maximum atomic E-state index is 10.9. The van der Waals surface area contributed by atoms with Crippen molar-refractivity contribution in [3.05, 3.63) is 28.8 Å². The van der Waals surface area contributed by atoms with E-state index < -0.39 is 0 Å². The fourth-order valence-electron chi connectivity index (χ4n) is 1.79. The van der Waals surface area contributed by atoms with E-state index in [1.165, 1.54) is 0 Å². The Kier molecular flexibility index (Phi) is 2.46. The Hall–Kier alpha value is -1.02. The minimum atomic E-state index is -0.0500. The Morgan fingerprint density at radius 3 is 3.07 bits per heavy atom. The summed E-state index contributed by atoms with van der Waals surface area (Å²) in [7, 11) is 0. The number of halogens is 1. The SMILES string of the molecule is CC1CC(C=O)c2ccc(Cl)cc2O1. The van der Waals surface area contributed by atoms with Gasteiger partial charge in [-0.15, -0.1) is 0 Å². The van der Waals surface area contributed by atoms with E-state index >= 15 is 0 Å². The van der Waals surface area contributed by atoms with E-state index in [2.05, 4.69) is 0 Å². The molecule has 2 nitrogen and oxygen atoms in total.